The highest BCUT2D eigenvalue weighted by molar-refractivity contribution is 5.70. The summed E-state index contributed by atoms with van der Waals surface area (Å²) in [5.74, 6) is 0.799. The predicted molar refractivity (Wildman–Crippen MR) is 126 cm³/mol. The molecule has 3 aromatic rings. The second-order valence-electron chi connectivity index (χ2n) is 10.5. The Morgan fingerprint density at radius 2 is 1.94 bits per heavy atom. The van der Waals surface area contributed by atoms with Crippen molar-refractivity contribution in [3.05, 3.63) is 71.8 Å². The number of carbonyl (C=O) groups is 1. The van der Waals surface area contributed by atoms with Gasteiger partial charge in [-0.25, -0.2) is 9.18 Å². The molecule has 2 saturated carbocycles. The van der Waals surface area contributed by atoms with Gasteiger partial charge in [-0.05, 0) is 63.8 Å². The van der Waals surface area contributed by atoms with Gasteiger partial charge in [0.1, 0.15) is 11.4 Å². The van der Waals surface area contributed by atoms with E-state index >= 15 is 0 Å². The molecule has 7 heteroatoms. The number of carbonyl (C=O) groups excluding carboxylic acids is 1. The predicted octanol–water partition coefficient (Wildman–Crippen LogP) is 6.09. The Bertz CT molecular complexity index is 1170. The lowest BCUT2D eigenvalue weighted by molar-refractivity contribution is 0.0123. The lowest BCUT2D eigenvalue weighted by Crippen LogP contribution is -2.50. The van der Waals surface area contributed by atoms with Crippen molar-refractivity contribution in [2.24, 2.45) is 0 Å². The number of hydrogen-bond acceptors (Lipinski definition) is 5. The van der Waals surface area contributed by atoms with Crippen LogP contribution in [0.2, 0.25) is 0 Å². The fourth-order valence-electron chi connectivity index (χ4n) is 4.78. The van der Waals surface area contributed by atoms with E-state index in [9.17, 15) is 9.18 Å². The van der Waals surface area contributed by atoms with E-state index in [1.807, 2.05) is 43.9 Å². The van der Waals surface area contributed by atoms with Crippen molar-refractivity contribution in [3.8, 4) is 11.5 Å². The molecule has 0 bridgehead atoms. The van der Waals surface area contributed by atoms with Gasteiger partial charge >= 0.3 is 6.09 Å². The van der Waals surface area contributed by atoms with E-state index in [0.717, 1.165) is 25.7 Å². The number of benzene rings is 2. The minimum absolute atomic E-state index is 0.0734. The molecule has 2 aromatic carbocycles. The largest absolute Gasteiger partial charge is 0.444 e. The van der Waals surface area contributed by atoms with E-state index in [0.29, 0.717) is 23.9 Å². The number of aromatic nitrogens is 2. The van der Waals surface area contributed by atoms with Crippen LogP contribution in [0.4, 0.5) is 9.18 Å². The first-order valence-corrected chi connectivity index (χ1v) is 11.9. The Labute approximate surface area is 199 Å². The second-order valence-corrected chi connectivity index (χ2v) is 10.5. The Morgan fingerprint density at radius 1 is 1.18 bits per heavy atom. The van der Waals surface area contributed by atoms with Crippen LogP contribution in [-0.2, 0) is 10.2 Å². The van der Waals surface area contributed by atoms with E-state index < -0.39 is 11.0 Å². The first kappa shape index (κ1) is 22.6. The van der Waals surface area contributed by atoms with Crippen LogP contribution in [0, 0.1) is 5.82 Å². The van der Waals surface area contributed by atoms with E-state index in [1.165, 1.54) is 17.7 Å². The van der Waals surface area contributed by atoms with Crippen LogP contribution < -0.4 is 0 Å². The van der Waals surface area contributed by atoms with Crippen LogP contribution in [0.25, 0.3) is 11.5 Å². The lowest BCUT2D eigenvalue weighted by Gasteiger charge is -2.43. The molecule has 1 aromatic heterocycles. The van der Waals surface area contributed by atoms with Crippen molar-refractivity contribution in [3.63, 3.8) is 0 Å². The topological polar surface area (TPSA) is 68.5 Å². The highest BCUT2D eigenvalue weighted by Gasteiger charge is 2.52. The quantitative estimate of drug-likeness (QED) is 0.442. The molecule has 2 aliphatic carbocycles. The Kier molecular flexibility index (Phi) is 5.66. The Morgan fingerprint density at radius 3 is 2.59 bits per heavy atom. The zero-order chi connectivity index (χ0) is 23.9. The average molecular weight is 464 g/mol. The van der Waals surface area contributed by atoms with Gasteiger partial charge in [0.2, 0.25) is 0 Å². The van der Waals surface area contributed by atoms with Crippen molar-refractivity contribution < 1.29 is 18.4 Å². The molecule has 2 atom stereocenters. The summed E-state index contributed by atoms with van der Waals surface area (Å²) in [6.45, 7) is 6.12. The van der Waals surface area contributed by atoms with E-state index in [1.54, 1.807) is 12.1 Å². The zero-order valence-electron chi connectivity index (χ0n) is 19.8. The molecule has 0 spiro atoms. The third-order valence-electron chi connectivity index (χ3n) is 6.77. The lowest BCUT2D eigenvalue weighted by atomic mass is 9.67. The summed E-state index contributed by atoms with van der Waals surface area (Å²) in [4.78, 5) is 19.8. The number of ether oxygens (including phenoxy) is 1. The van der Waals surface area contributed by atoms with Crippen molar-refractivity contribution >= 4 is 6.09 Å². The molecular weight excluding hydrogens is 433 g/mol. The van der Waals surface area contributed by atoms with Crippen LogP contribution in [-0.4, -0.2) is 39.3 Å². The van der Waals surface area contributed by atoms with Crippen LogP contribution >= 0.6 is 0 Å². The van der Waals surface area contributed by atoms with Crippen LogP contribution in [0.3, 0.4) is 0 Å². The van der Waals surface area contributed by atoms with Crippen molar-refractivity contribution in [1.29, 1.82) is 0 Å². The molecule has 2 fully saturated rings. The summed E-state index contributed by atoms with van der Waals surface area (Å²) in [7, 11) is 0. The summed E-state index contributed by atoms with van der Waals surface area (Å²) in [5.41, 5.74) is 0.798. The highest BCUT2D eigenvalue weighted by atomic mass is 19.1. The maximum absolute atomic E-state index is 13.7. The van der Waals surface area contributed by atoms with Gasteiger partial charge in [-0.1, -0.05) is 48.0 Å². The number of nitrogens with zero attached hydrogens (tertiary/aromatic N) is 3. The third-order valence-corrected chi connectivity index (χ3v) is 6.77. The van der Waals surface area contributed by atoms with Crippen LogP contribution in [0.15, 0.2) is 59.1 Å². The minimum Gasteiger partial charge on any atom is -0.444 e. The van der Waals surface area contributed by atoms with Gasteiger partial charge < -0.3 is 14.2 Å². The number of hydrogen-bond donors (Lipinski definition) is 0. The SMILES string of the molecule is CC(C)(C)OC(=O)N(CC1(c2noc(-c3cccc(F)c3)n2)CCC1)[C@H]1CC1c1ccccc1. The molecule has 0 aliphatic heterocycles. The molecule has 0 N–H and O–H groups in total. The molecule has 5 rings (SSSR count). The van der Waals surface area contributed by atoms with Gasteiger partial charge in [0.05, 0.1) is 5.41 Å². The maximum atomic E-state index is 13.7. The standard InChI is InChI=1S/C27H30FN3O3/c1-26(2,3)33-25(32)31(22-16-21(22)18-9-5-4-6-10-18)17-27(13-8-14-27)24-29-23(34-30-24)19-11-7-12-20(28)15-19/h4-7,9-12,15,21-22H,8,13-14,16-17H2,1-3H3/t21?,22-/m0/s1. The molecule has 1 heterocycles. The number of amides is 1. The maximum Gasteiger partial charge on any atom is 0.410 e. The van der Waals surface area contributed by atoms with Crippen molar-refractivity contribution in [1.82, 2.24) is 15.0 Å². The summed E-state index contributed by atoms with van der Waals surface area (Å²) in [6.07, 6.45) is 3.34. The van der Waals surface area contributed by atoms with Gasteiger partial charge in [0.15, 0.2) is 5.82 Å². The minimum atomic E-state index is -0.587. The Hall–Kier alpha value is -3.22. The molecule has 178 valence electrons. The van der Waals surface area contributed by atoms with E-state index in [4.69, 9.17) is 9.26 Å². The monoisotopic (exact) mass is 463 g/mol. The Balaban J connectivity index is 1.41. The number of halogens is 1. The van der Waals surface area contributed by atoms with E-state index in [2.05, 4.69) is 22.3 Å². The molecule has 1 amide bonds. The fraction of sp³-hybridized carbons (Fsp3) is 0.444. The molecule has 0 radical (unpaired) electrons. The van der Waals surface area contributed by atoms with Crippen molar-refractivity contribution in [2.75, 3.05) is 6.54 Å². The summed E-state index contributed by atoms with van der Waals surface area (Å²) in [5, 5.41) is 4.27. The van der Waals surface area contributed by atoms with Gasteiger partial charge in [-0.15, -0.1) is 0 Å². The summed E-state index contributed by atoms with van der Waals surface area (Å²) in [6, 6.07) is 16.5. The van der Waals surface area contributed by atoms with Crippen molar-refractivity contribution in [2.45, 2.75) is 69.4 Å². The van der Waals surface area contributed by atoms with Crippen LogP contribution in [0.5, 0.6) is 0 Å². The van der Waals surface area contributed by atoms with Gasteiger partial charge in [-0.2, -0.15) is 4.98 Å². The van der Waals surface area contributed by atoms with Crippen LogP contribution in [0.1, 0.15) is 63.8 Å². The molecule has 1 unspecified atom stereocenters. The fourth-order valence-corrected chi connectivity index (χ4v) is 4.78. The molecule has 34 heavy (non-hydrogen) atoms. The van der Waals surface area contributed by atoms with Gasteiger partial charge in [0.25, 0.3) is 5.89 Å². The second kappa shape index (κ2) is 8.53. The zero-order valence-corrected chi connectivity index (χ0v) is 19.8. The van der Waals surface area contributed by atoms with Gasteiger partial charge in [0, 0.05) is 24.1 Å². The number of rotatable bonds is 6. The molecule has 6 nitrogen and oxygen atoms in total. The third kappa shape index (κ3) is 4.56. The smallest absolute Gasteiger partial charge is 0.410 e. The highest BCUT2D eigenvalue weighted by Crippen LogP contribution is 2.49. The first-order valence-electron chi connectivity index (χ1n) is 11.9. The summed E-state index contributed by atoms with van der Waals surface area (Å²) >= 11 is 0. The summed E-state index contributed by atoms with van der Waals surface area (Å²) < 4.78 is 25.0. The van der Waals surface area contributed by atoms with Gasteiger partial charge in [-0.3, -0.25) is 0 Å². The molecular formula is C27H30FN3O3. The molecule has 2 aliphatic rings. The molecule has 0 saturated heterocycles. The first-order chi connectivity index (χ1) is 16.2. The van der Waals surface area contributed by atoms with E-state index in [-0.39, 0.29) is 23.8 Å². The average Bonchev–Trinajstić information content (AvgIpc) is 3.39. The normalized spacial score (nSPS) is 20.9.